The van der Waals surface area contributed by atoms with E-state index in [0.717, 1.165) is 24.1 Å². The number of anilines is 1. The molecule has 3 rings (SSSR count). The minimum absolute atomic E-state index is 0.0999. The maximum atomic E-state index is 12.7. The third-order valence-corrected chi connectivity index (χ3v) is 4.63. The molecular formula is C16H21N3O2. The lowest BCUT2D eigenvalue weighted by Crippen LogP contribution is -2.54. The Labute approximate surface area is 124 Å². The zero-order valence-electron chi connectivity index (χ0n) is 12.2. The molecule has 2 aliphatic rings. The van der Waals surface area contributed by atoms with Gasteiger partial charge in [0.1, 0.15) is 0 Å². The summed E-state index contributed by atoms with van der Waals surface area (Å²) >= 11 is 0. The third-order valence-electron chi connectivity index (χ3n) is 4.63. The molecule has 5 heteroatoms. The predicted octanol–water partition coefficient (Wildman–Crippen LogP) is 1.36. The van der Waals surface area contributed by atoms with Gasteiger partial charge in [0.15, 0.2) is 0 Å². The molecule has 1 fully saturated rings. The van der Waals surface area contributed by atoms with Crippen molar-refractivity contribution in [2.45, 2.75) is 37.6 Å². The van der Waals surface area contributed by atoms with Crippen molar-refractivity contribution < 1.29 is 9.59 Å². The van der Waals surface area contributed by atoms with E-state index in [4.69, 9.17) is 5.73 Å². The highest BCUT2D eigenvalue weighted by Gasteiger charge is 2.43. The number of hydrogen-bond acceptors (Lipinski definition) is 3. The standard InChI is InChI=1S/C16H21N3O2/c1-16(9-17,10-6-7-10)19-15(21)12-8-14(20)18-13-5-3-2-4-11(12)13/h2-5,10,12H,6-9,17H2,1H3,(H,18,20)(H,19,21). The number of amides is 2. The molecule has 0 spiro atoms. The number of nitrogens with one attached hydrogen (secondary N) is 2. The number of carbonyl (C=O) groups is 2. The maximum Gasteiger partial charge on any atom is 0.228 e. The molecule has 5 nitrogen and oxygen atoms in total. The number of nitrogens with two attached hydrogens (primary N) is 1. The zero-order valence-corrected chi connectivity index (χ0v) is 12.2. The van der Waals surface area contributed by atoms with E-state index in [1.807, 2.05) is 31.2 Å². The van der Waals surface area contributed by atoms with Crippen LogP contribution in [-0.4, -0.2) is 23.9 Å². The Balaban J connectivity index is 1.83. The molecule has 112 valence electrons. The Bertz CT molecular complexity index is 583. The van der Waals surface area contributed by atoms with Gasteiger partial charge < -0.3 is 16.4 Å². The Morgan fingerprint density at radius 1 is 1.43 bits per heavy atom. The fraction of sp³-hybridized carbons (Fsp3) is 0.500. The molecule has 1 aliphatic heterocycles. The first-order chi connectivity index (χ1) is 10.0. The summed E-state index contributed by atoms with van der Waals surface area (Å²) in [6, 6.07) is 7.47. The summed E-state index contributed by atoms with van der Waals surface area (Å²) in [7, 11) is 0. The second kappa shape index (κ2) is 5.15. The van der Waals surface area contributed by atoms with Crippen LogP contribution in [-0.2, 0) is 9.59 Å². The lowest BCUT2D eigenvalue weighted by molar-refractivity contribution is -0.127. The van der Waals surface area contributed by atoms with Crippen molar-refractivity contribution in [1.82, 2.24) is 5.32 Å². The smallest absolute Gasteiger partial charge is 0.228 e. The van der Waals surface area contributed by atoms with Gasteiger partial charge in [-0.05, 0) is 37.3 Å². The van der Waals surface area contributed by atoms with Gasteiger partial charge in [-0.15, -0.1) is 0 Å². The van der Waals surface area contributed by atoms with Crippen LogP contribution in [0.1, 0.15) is 37.7 Å². The van der Waals surface area contributed by atoms with Crippen molar-refractivity contribution in [2.24, 2.45) is 11.7 Å². The molecule has 1 aliphatic carbocycles. The molecule has 1 aromatic carbocycles. The Morgan fingerprint density at radius 3 is 2.81 bits per heavy atom. The molecular weight excluding hydrogens is 266 g/mol. The normalized spacial score (nSPS) is 23.7. The Kier molecular flexibility index (Phi) is 3.45. The first kappa shape index (κ1) is 14.1. The van der Waals surface area contributed by atoms with Crippen LogP contribution in [0.2, 0.25) is 0 Å². The highest BCUT2D eigenvalue weighted by atomic mass is 16.2. The van der Waals surface area contributed by atoms with Crippen LogP contribution < -0.4 is 16.4 Å². The van der Waals surface area contributed by atoms with Gasteiger partial charge in [-0.2, -0.15) is 0 Å². The largest absolute Gasteiger partial charge is 0.349 e. The van der Waals surface area contributed by atoms with Gasteiger partial charge in [-0.3, -0.25) is 9.59 Å². The monoisotopic (exact) mass is 287 g/mol. The van der Waals surface area contributed by atoms with Gasteiger partial charge in [0.2, 0.25) is 11.8 Å². The van der Waals surface area contributed by atoms with E-state index in [-0.39, 0.29) is 23.8 Å². The summed E-state index contributed by atoms with van der Waals surface area (Å²) < 4.78 is 0. The lowest BCUT2D eigenvalue weighted by Gasteiger charge is -2.33. The van der Waals surface area contributed by atoms with Crippen LogP contribution >= 0.6 is 0 Å². The van der Waals surface area contributed by atoms with Gasteiger partial charge in [0.25, 0.3) is 0 Å². The van der Waals surface area contributed by atoms with E-state index in [1.165, 1.54) is 0 Å². The van der Waals surface area contributed by atoms with Crippen LogP contribution in [0.15, 0.2) is 24.3 Å². The summed E-state index contributed by atoms with van der Waals surface area (Å²) in [5.74, 6) is -0.189. The highest BCUT2D eigenvalue weighted by Crippen LogP contribution is 2.40. The molecule has 0 saturated heterocycles. The van der Waals surface area contributed by atoms with Crippen LogP contribution in [0, 0.1) is 5.92 Å². The van der Waals surface area contributed by atoms with E-state index in [9.17, 15) is 9.59 Å². The van der Waals surface area contributed by atoms with Crippen molar-refractivity contribution in [3.63, 3.8) is 0 Å². The number of hydrogen-bond donors (Lipinski definition) is 3. The van der Waals surface area contributed by atoms with Crippen LogP contribution in [0.5, 0.6) is 0 Å². The molecule has 2 amide bonds. The summed E-state index contributed by atoms with van der Waals surface area (Å²) in [6.07, 6.45) is 2.40. The molecule has 21 heavy (non-hydrogen) atoms. The van der Waals surface area contributed by atoms with Crippen molar-refractivity contribution in [2.75, 3.05) is 11.9 Å². The highest BCUT2D eigenvalue weighted by molar-refractivity contribution is 6.01. The van der Waals surface area contributed by atoms with Crippen LogP contribution in [0.4, 0.5) is 5.69 Å². The molecule has 4 N–H and O–H groups in total. The number of fused-ring (bicyclic) bond motifs is 1. The number of para-hydroxylation sites is 1. The van der Waals surface area contributed by atoms with E-state index >= 15 is 0 Å². The fourth-order valence-electron chi connectivity index (χ4n) is 3.05. The first-order valence-corrected chi connectivity index (χ1v) is 7.44. The first-order valence-electron chi connectivity index (χ1n) is 7.44. The molecule has 1 aromatic rings. The van der Waals surface area contributed by atoms with E-state index in [2.05, 4.69) is 10.6 Å². The van der Waals surface area contributed by atoms with Crippen molar-refractivity contribution in [3.8, 4) is 0 Å². The average Bonchev–Trinajstić information content (AvgIpc) is 3.31. The maximum absolute atomic E-state index is 12.7. The molecule has 0 aromatic heterocycles. The fourth-order valence-corrected chi connectivity index (χ4v) is 3.05. The molecule has 2 atom stereocenters. The SMILES string of the molecule is CC(CN)(NC(=O)C1CC(=O)Nc2ccccc21)C1CC1. The summed E-state index contributed by atoms with van der Waals surface area (Å²) in [5.41, 5.74) is 7.10. The zero-order chi connectivity index (χ0) is 15.0. The van der Waals surface area contributed by atoms with E-state index in [1.54, 1.807) is 0 Å². The van der Waals surface area contributed by atoms with E-state index in [0.29, 0.717) is 12.5 Å². The van der Waals surface area contributed by atoms with Gasteiger partial charge in [-0.25, -0.2) is 0 Å². The molecule has 2 unspecified atom stereocenters. The predicted molar refractivity (Wildman–Crippen MR) is 80.8 cm³/mol. The summed E-state index contributed by atoms with van der Waals surface area (Å²) in [6.45, 7) is 2.42. The quantitative estimate of drug-likeness (QED) is 0.781. The molecule has 1 heterocycles. The van der Waals surface area contributed by atoms with Gasteiger partial charge >= 0.3 is 0 Å². The van der Waals surface area contributed by atoms with Gasteiger partial charge in [0, 0.05) is 18.7 Å². The second-order valence-corrected chi connectivity index (χ2v) is 6.28. The molecule has 1 saturated carbocycles. The molecule has 0 radical (unpaired) electrons. The summed E-state index contributed by atoms with van der Waals surface area (Å²) in [4.78, 5) is 24.5. The van der Waals surface area contributed by atoms with Crippen molar-refractivity contribution in [1.29, 1.82) is 0 Å². The average molecular weight is 287 g/mol. The van der Waals surface area contributed by atoms with Crippen LogP contribution in [0.25, 0.3) is 0 Å². The van der Waals surface area contributed by atoms with Crippen molar-refractivity contribution in [3.05, 3.63) is 29.8 Å². The topological polar surface area (TPSA) is 84.2 Å². The van der Waals surface area contributed by atoms with E-state index < -0.39 is 5.92 Å². The Morgan fingerprint density at radius 2 is 2.14 bits per heavy atom. The number of benzene rings is 1. The number of carbonyl (C=O) groups excluding carboxylic acids is 2. The van der Waals surface area contributed by atoms with Gasteiger partial charge in [0.05, 0.1) is 11.5 Å². The third kappa shape index (κ3) is 2.65. The molecule has 0 bridgehead atoms. The van der Waals surface area contributed by atoms with Gasteiger partial charge in [-0.1, -0.05) is 18.2 Å². The minimum atomic E-state index is -0.431. The Hall–Kier alpha value is -1.88. The number of rotatable bonds is 4. The van der Waals surface area contributed by atoms with Crippen LogP contribution in [0.3, 0.4) is 0 Å². The summed E-state index contributed by atoms with van der Waals surface area (Å²) in [5, 5.41) is 5.91. The second-order valence-electron chi connectivity index (χ2n) is 6.28. The lowest BCUT2D eigenvalue weighted by atomic mass is 9.87. The van der Waals surface area contributed by atoms with Crippen molar-refractivity contribution >= 4 is 17.5 Å². The minimum Gasteiger partial charge on any atom is -0.349 e.